The van der Waals surface area contributed by atoms with E-state index in [0.29, 0.717) is 11.1 Å². The van der Waals surface area contributed by atoms with Gasteiger partial charge in [-0.1, -0.05) is 60.7 Å². The molecule has 0 unspecified atom stereocenters. The molecule has 0 saturated carbocycles. The zero-order valence-electron chi connectivity index (χ0n) is 15.1. The van der Waals surface area contributed by atoms with E-state index in [4.69, 9.17) is 5.11 Å². The lowest BCUT2D eigenvalue weighted by Gasteiger charge is -2.07. The average molecular weight is 388 g/mol. The number of hydrogen-bond acceptors (Lipinski definition) is 6. The monoisotopic (exact) mass is 388 g/mol. The van der Waals surface area contributed by atoms with Gasteiger partial charge in [-0.05, 0) is 11.6 Å². The largest absolute Gasteiger partial charge is 0.508 e. The van der Waals surface area contributed by atoms with Crippen molar-refractivity contribution in [3.63, 3.8) is 0 Å². The van der Waals surface area contributed by atoms with Gasteiger partial charge in [-0.3, -0.25) is 14.4 Å². The third kappa shape index (κ3) is 4.22. The lowest BCUT2D eigenvalue weighted by Crippen LogP contribution is -2.15. The molecule has 0 amide bonds. The van der Waals surface area contributed by atoms with Crippen LogP contribution in [0.25, 0.3) is 6.08 Å². The Labute approximate surface area is 166 Å². The van der Waals surface area contributed by atoms with Crippen LogP contribution in [0.15, 0.2) is 72.8 Å². The fraction of sp³-hybridized carbons (Fsp3) is 0. The highest BCUT2D eigenvalue weighted by molar-refractivity contribution is 6.49. The van der Waals surface area contributed by atoms with Crippen molar-refractivity contribution in [2.45, 2.75) is 0 Å². The first kappa shape index (κ1) is 19.6. The summed E-state index contributed by atoms with van der Waals surface area (Å²) in [7, 11) is 0. The number of fused-ring (bicyclic) bond motifs is 1. The Balaban J connectivity index is 0.000000176. The maximum Gasteiger partial charge on any atom is 0.233 e. The second-order valence-corrected chi connectivity index (χ2v) is 6.17. The van der Waals surface area contributed by atoms with Crippen molar-refractivity contribution >= 4 is 23.4 Å². The predicted octanol–water partition coefficient (Wildman–Crippen LogP) is 3.50. The van der Waals surface area contributed by atoms with E-state index in [2.05, 4.69) is 0 Å². The van der Waals surface area contributed by atoms with Crippen molar-refractivity contribution in [3.05, 3.63) is 95.1 Å². The quantitative estimate of drug-likeness (QED) is 0.458. The second-order valence-electron chi connectivity index (χ2n) is 6.17. The number of rotatable bonds is 2. The summed E-state index contributed by atoms with van der Waals surface area (Å²) in [5.41, 5.74) is 1.46. The zero-order chi connectivity index (χ0) is 21.0. The SMILES string of the molecule is O=C(c1ccccc1)c1c(O)cc(O)cc1O.O=C1C=Cc2ccccc2C1=O. The molecule has 0 fully saturated rings. The van der Waals surface area contributed by atoms with Crippen LogP contribution in [-0.4, -0.2) is 32.7 Å². The van der Waals surface area contributed by atoms with Gasteiger partial charge in [0, 0.05) is 23.3 Å². The summed E-state index contributed by atoms with van der Waals surface area (Å²) in [5.74, 6) is -2.54. The van der Waals surface area contributed by atoms with Gasteiger partial charge in [-0.25, -0.2) is 0 Å². The number of ketones is 3. The molecule has 3 aromatic rings. The molecule has 3 aromatic carbocycles. The van der Waals surface area contributed by atoms with Gasteiger partial charge in [-0.15, -0.1) is 0 Å². The van der Waals surface area contributed by atoms with Gasteiger partial charge in [0.25, 0.3) is 0 Å². The molecule has 0 radical (unpaired) electrons. The minimum absolute atomic E-state index is 0.214. The molecule has 0 saturated heterocycles. The van der Waals surface area contributed by atoms with E-state index >= 15 is 0 Å². The summed E-state index contributed by atoms with van der Waals surface area (Å²) >= 11 is 0. The van der Waals surface area contributed by atoms with Crippen LogP contribution in [0.4, 0.5) is 0 Å². The Hall–Kier alpha value is -4.19. The lowest BCUT2D eigenvalue weighted by molar-refractivity contribution is -0.110. The van der Waals surface area contributed by atoms with Gasteiger partial charge < -0.3 is 15.3 Å². The van der Waals surface area contributed by atoms with Gasteiger partial charge in [0.15, 0.2) is 0 Å². The Kier molecular flexibility index (Phi) is 5.55. The van der Waals surface area contributed by atoms with Gasteiger partial charge in [-0.2, -0.15) is 0 Å². The maximum atomic E-state index is 12.0. The first-order valence-electron chi connectivity index (χ1n) is 8.59. The number of phenolic OH excluding ortho intramolecular Hbond substituents is 3. The van der Waals surface area contributed by atoms with Gasteiger partial charge >= 0.3 is 0 Å². The Morgan fingerprint density at radius 1 is 0.724 bits per heavy atom. The van der Waals surface area contributed by atoms with Crippen molar-refractivity contribution in [1.82, 2.24) is 0 Å². The molecule has 144 valence electrons. The summed E-state index contributed by atoms with van der Waals surface area (Å²) < 4.78 is 0. The number of Topliss-reactive ketones (excluding diaryl/α,β-unsaturated/α-hetero) is 1. The molecule has 0 aliphatic heterocycles. The number of carbonyl (C=O) groups excluding carboxylic acids is 3. The first-order chi connectivity index (χ1) is 13.9. The molecule has 6 heteroatoms. The molecule has 1 aliphatic rings. The van der Waals surface area contributed by atoms with Gasteiger partial charge in [0.1, 0.15) is 22.8 Å². The highest BCUT2D eigenvalue weighted by atomic mass is 16.3. The topological polar surface area (TPSA) is 112 Å². The van der Waals surface area contributed by atoms with E-state index in [0.717, 1.165) is 17.7 Å². The van der Waals surface area contributed by atoms with Crippen LogP contribution < -0.4 is 0 Å². The standard InChI is InChI=1S/C13H10O4.C10H6O2/c14-9-6-10(15)12(11(16)7-9)13(17)8-4-2-1-3-5-8;11-9-6-5-7-3-1-2-4-8(7)10(9)12/h1-7,14-16H;1-6H. The molecule has 0 atom stereocenters. The van der Waals surface area contributed by atoms with Crippen molar-refractivity contribution in [2.24, 2.45) is 0 Å². The summed E-state index contributed by atoms with van der Waals surface area (Å²) in [4.78, 5) is 34.1. The third-order valence-corrected chi connectivity index (χ3v) is 4.19. The molecule has 0 aromatic heterocycles. The van der Waals surface area contributed by atoms with Gasteiger partial charge in [0.05, 0.1) is 0 Å². The maximum absolute atomic E-state index is 12.0. The normalized spacial score (nSPS) is 12.0. The Morgan fingerprint density at radius 3 is 1.97 bits per heavy atom. The molecule has 3 N–H and O–H groups in total. The van der Waals surface area contributed by atoms with Crippen molar-refractivity contribution in [3.8, 4) is 17.2 Å². The number of phenols is 3. The van der Waals surface area contributed by atoms with E-state index in [9.17, 15) is 24.6 Å². The van der Waals surface area contributed by atoms with Crippen LogP contribution in [0.2, 0.25) is 0 Å². The smallest absolute Gasteiger partial charge is 0.233 e. The summed E-state index contributed by atoms with van der Waals surface area (Å²) in [6, 6.07) is 17.4. The third-order valence-electron chi connectivity index (χ3n) is 4.19. The minimum atomic E-state index is -0.499. The minimum Gasteiger partial charge on any atom is -0.508 e. The Morgan fingerprint density at radius 2 is 1.31 bits per heavy atom. The van der Waals surface area contributed by atoms with Crippen LogP contribution in [0.3, 0.4) is 0 Å². The van der Waals surface area contributed by atoms with Crippen molar-refractivity contribution in [2.75, 3.05) is 0 Å². The summed E-state index contributed by atoms with van der Waals surface area (Å²) in [6.07, 6.45) is 2.98. The van der Waals surface area contributed by atoms with E-state index in [-0.39, 0.29) is 11.3 Å². The molecular formula is C23H16O6. The number of hydrogen-bond donors (Lipinski definition) is 3. The second kappa shape index (κ2) is 8.22. The number of benzene rings is 3. The van der Waals surface area contributed by atoms with Crippen LogP contribution in [0.1, 0.15) is 31.8 Å². The Bertz CT molecular complexity index is 1110. The van der Waals surface area contributed by atoms with E-state index in [1.807, 2.05) is 12.1 Å². The molecule has 0 heterocycles. The van der Waals surface area contributed by atoms with Crippen LogP contribution >= 0.6 is 0 Å². The van der Waals surface area contributed by atoms with E-state index in [1.54, 1.807) is 48.5 Å². The summed E-state index contributed by atoms with van der Waals surface area (Å²) in [6.45, 7) is 0. The highest BCUT2D eigenvalue weighted by Gasteiger charge is 2.20. The van der Waals surface area contributed by atoms with E-state index < -0.39 is 28.8 Å². The number of carbonyl (C=O) groups is 3. The molecule has 6 nitrogen and oxygen atoms in total. The fourth-order valence-corrected chi connectivity index (χ4v) is 2.79. The fourth-order valence-electron chi connectivity index (χ4n) is 2.79. The number of aromatic hydroxyl groups is 3. The molecular weight excluding hydrogens is 372 g/mol. The van der Waals surface area contributed by atoms with Gasteiger partial charge in [0.2, 0.25) is 17.3 Å². The molecule has 1 aliphatic carbocycles. The van der Waals surface area contributed by atoms with Crippen LogP contribution in [-0.2, 0) is 4.79 Å². The van der Waals surface area contributed by atoms with Crippen molar-refractivity contribution in [1.29, 1.82) is 0 Å². The first-order valence-corrected chi connectivity index (χ1v) is 8.59. The highest BCUT2D eigenvalue weighted by Crippen LogP contribution is 2.33. The number of allylic oxidation sites excluding steroid dienone is 1. The van der Waals surface area contributed by atoms with Crippen molar-refractivity contribution < 1.29 is 29.7 Å². The summed E-state index contributed by atoms with van der Waals surface area (Å²) in [5, 5.41) is 28.3. The average Bonchev–Trinajstić information content (AvgIpc) is 2.71. The molecule has 0 spiro atoms. The van der Waals surface area contributed by atoms with Crippen LogP contribution in [0, 0.1) is 0 Å². The van der Waals surface area contributed by atoms with Crippen LogP contribution in [0.5, 0.6) is 17.2 Å². The predicted molar refractivity (Wildman–Crippen MR) is 106 cm³/mol. The van der Waals surface area contributed by atoms with E-state index in [1.165, 1.54) is 6.08 Å². The molecule has 0 bridgehead atoms. The zero-order valence-corrected chi connectivity index (χ0v) is 15.1. The molecule has 4 rings (SSSR count). The molecule has 29 heavy (non-hydrogen) atoms. The lowest BCUT2D eigenvalue weighted by atomic mass is 9.96.